The Morgan fingerprint density at radius 2 is 1.87 bits per heavy atom. The van der Waals surface area contributed by atoms with E-state index in [2.05, 4.69) is 9.88 Å². The molecule has 2 rings (SSSR count). The van der Waals surface area contributed by atoms with Crippen LogP contribution in [0.1, 0.15) is 31.2 Å². The number of rotatable bonds is 1. The molecule has 1 aliphatic heterocycles. The van der Waals surface area contributed by atoms with E-state index in [0.29, 0.717) is 0 Å². The maximum Gasteiger partial charge on any atom is 0.130 e. The highest BCUT2D eigenvalue weighted by Gasteiger charge is 2.11. The van der Waals surface area contributed by atoms with E-state index in [9.17, 15) is 0 Å². The van der Waals surface area contributed by atoms with Gasteiger partial charge in [-0.05, 0) is 25.3 Å². The van der Waals surface area contributed by atoms with Crippen LogP contribution in [0.5, 0.6) is 0 Å². The molecule has 15 heavy (non-hydrogen) atoms. The first kappa shape index (κ1) is 10.3. The van der Waals surface area contributed by atoms with E-state index < -0.39 is 0 Å². The second-order valence-electron chi connectivity index (χ2n) is 4.30. The molecule has 2 N–H and O–H groups in total. The summed E-state index contributed by atoms with van der Waals surface area (Å²) in [6, 6.07) is 2.00. The summed E-state index contributed by atoms with van der Waals surface area (Å²) >= 11 is 0. The van der Waals surface area contributed by atoms with Crippen molar-refractivity contribution in [2.75, 3.05) is 23.7 Å². The Morgan fingerprint density at radius 1 is 1.20 bits per heavy atom. The molecule has 1 saturated heterocycles. The van der Waals surface area contributed by atoms with Crippen LogP contribution in [-0.4, -0.2) is 18.1 Å². The largest absolute Gasteiger partial charge is 0.398 e. The Labute approximate surface area is 91.3 Å². The van der Waals surface area contributed by atoms with E-state index in [-0.39, 0.29) is 0 Å². The second kappa shape index (κ2) is 4.51. The Hall–Kier alpha value is -1.25. The van der Waals surface area contributed by atoms with Crippen molar-refractivity contribution in [3.8, 4) is 0 Å². The molecular formula is C12H19N3. The normalized spacial score (nSPS) is 17.5. The molecule has 0 amide bonds. The van der Waals surface area contributed by atoms with Crippen LogP contribution >= 0.6 is 0 Å². The molecular weight excluding hydrogens is 186 g/mol. The molecule has 0 bridgehead atoms. The summed E-state index contributed by atoms with van der Waals surface area (Å²) in [4.78, 5) is 6.80. The number of hydrogen-bond donors (Lipinski definition) is 1. The van der Waals surface area contributed by atoms with Crippen molar-refractivity contribution in [2.45, 2.75) is 32.6 Å². The van der Waals surface area contributed by atoms with Gasteiger partial charge in [0.15, 0.2) is 0 Å². The van der Waals surface area contributed by atoms with Gasteiger partial charge in [0.1, 0.15) is 5.82 Å². The first-order chi connectivity index (χ1) is 7.27. The van der Waals surface area contributed by atoms with Gasteiger partial charge in [-0.15, -0.1) is 0 Å². The van der Waals surface area contributed by atoms with Gasteiger partial charge >= 0.3 is 0 Å². The zero-order valence-electron chi connectivity index (χ0n) is 9.37. The fourth-order valence-electron chi connectivity index (χ4n) is 2.00. The van der Waals surface area contributed by atoms with Crippen LogP contribution < -0.4 is 10.6 Å². The zero-order valence-corrected chi connectivity index (χ0v) is 9.37. The van der Waals surface area contributed by atoms with Crippen LogP contribution in [0.15, 0.2) is 12.3 Å². The Morgan fingerprint density at radius 3 is 2.47 bits per heavy atom. The molecule has 1 aromatic rings. The third-order valence-electron chi connectivity index (χ3n) is 3.06. The van der Waals surface area contributed by atoms with E-state index in [4.69, 9.17) is 5.73 Å². The monoisotopic (exact) mass is 205 g/mol. The van der Waals surface area contributed by atoms with E-state index in [0.717, 1.165) is 30.2 Å². The number of nitrogens with zero attached hydrogens (tertiary/aromatic N) is 2. The van der Waals surface area contributed by atoms with Crippen LogP contribution in [0.3, 0.4) is 0 Å². The van der Waals surface area contributed by atoms with Gasteiger partial charge in [0, 0.05) is 31.0 Å². The number of anilines is 2. The van der Waals surface area contributed by atoms with Gasteiger partial charge in [0.05, 0.1) is 0 Å². The molecule has 0 unspecified atom stereocenters. The van der Waals surface area contributed by atoms with Crippen molar-refractivity contribution in [1.82, 2.24) is 4.98 Å². The molecule has 3 nitrogen and oxygen atoms in total. The average molecular weight is 205 g/mol. The molecule has 2 heterocycles. The van der Waals surface area contributed by atoms with Crippen LogP contribution in [0.4, 0.5) is 11.5 Å². The van der Waals surface area contributed by atoms with Gasteiger partial charge in [0.25, 0.3) is 0 Å². The summed E-state index contributed by atoms with van der Waals surface area (Å²) < 4.78 is 0. The standard InChI is InChI=1S/C12H19N3/c1-10-9-14-12(8-11(10)13)15-6-4-2-3-5-7-15/h8-9H,2-7H2,1H3,(H2,13,14). The van der Waals surface area contributed by atoms with E-state index in [1.807, 2.05) is 19.2 Å². The first-order valence-corrected chi connectivity index (χ1v) is 5.74. The van der Waals surface area contributed by atoms with Crippen LogP contribution in [0, 0.1) is 6.92 Å². The lowest BCUT2D eigenvalue weighted by Gasteiger charge is -2.21. The highest BCUT2D eigenvalue weighted by molar-refractivity contribution is 5.54. The van der Waals surface area contributed by atoms with Crippen molar-refractivity contribution in [2.24, 2.45) is 0 Å². The lowest BCUT2D eigenvalue weighted by molar-refractivity contribution is 0.726. The van der Waals surface area contributed by atoms with Crippen LogP contribution in [0.25, 0.3) is 0 Å². The predicted octanol–water partition coefficient (Wildman–Crippen LogP) is 2.35. The fourth-order valence-corrected chi connectivity index (χ4v) is 2.00. The third kappa shape index (κ3) is 2.41. The third-order valence-corrected chi connectivity index (χ3v) is 3.06. The van der Waals surface area contributed by atoms with Gasteiger partial charge in [-0.1, -0.05) is 12.8 Å². The second-order valence-corrected chi connectivity index (χ2v) is 4.30. The molecule has 1 aromatic heterocycles. The number of pyridine rings is 1. The number of aryl methyl sites for hydroxylation is 1. The van der Waals surface area contributed by atoms with Gasteiger partial charge < -0.3 is 10.6 Å². The molecule has 1 aliphatic rings. The van der Waals surface area contributed by atoms with Crippen molar-refractivity contribution in [3.63, 3.8) is 0 Å². The SMILES string of the molecule is Cc1cnc(N2CCCCCC2)cc1N. The average Bonchev–Trinajstić information content (AvgIpc) is 2.50. The quantitative estimate of drug-likeness (QED) is 0.765. The molecule has 0 atom stereocenters. The summed E-state index contributed by atoms with van der Waals surface area (Å²) in [6.07, 6.45) is 7.11. The summed E-state index contributed by atoms with van der Waals surface area (Å²) in [5.41, 5.74) is 7.81. The molecule has 0 radical (unpaired) electrons. The van der Waals surface area contributed by atoms with Crippen molar-refractivity contribution < 1.29 is 0 Å². The lowest BCUT2D eigenvalue weighted by Crippen LogP contribution is -2.24. The number of aromatic nitrogens is 1. The minimum absolute atomic E-state index is 0.851. The molecule has 82 valence electrons. The molecule has 0 aromatic carbocycles. The van der Waals surface area contributed by atoms with E-state index >= 15 is 0 Å². The van der Waals surface area contributed by atoms with Gasteiger partial charge in [-0.3, -0.25) is 0 Å². The van der Waals surface area contributed by atoms with E-state index in [1.54, 1.807) is 0 Å². The summed E-state index contributed by atoms with van der Waals surface area (Å²) in [6.45, 7) is 4.24. The maximum atomic E-state index is 5.90. The Kier molecular flexibility index (Phi) is 3.09. The molecule has 3 heteroatoms. The fraction of sp³-hybridized carbons (Fsp3) is 0.583. The van der Waals surface area contributed by atoms with Gasteiger partial charge in [0.2, 0.25) is 0 Å². The summed E-state index contributed by atoms with van der Waals surface area (Å²) in [5, 5.41) is 0. The molecule has 0 spiro atoms. The molecule has 0 saturated carbocycles. The van der Waals surface area contributed by atoms with Crippen LogP contribution in [-0.2, 0) is 0 Å². The molecule has 1 fully saturated rings. The van der Waals surface area contributed by atoms with Gasteiger partial charge in [-0.25, -0.2) is 4.98 Å². The summed E-state index contributed by atoms with van der Waals surface area (Å²) in [5.74, 6) is 1.04. The Bertz CT molecular complexity index is 328. The number of nitrogens with two attached hydrogens (primary N) is 1. The topological polar surface area (TPSA) is 42.2 Å². The highest BCUT2D eigenvalue weighted by atomic mass is 15.2. The first-order valence-electron chi connectivity index (χ1n) is 5.74. The molecule has 0 aliphatic carbocycles. The van der Waals surface area contributed by atoms with Gasteiger partial charge in [-0.2, -0.15) is 0 Å². The number of hydrogen-bond acceptors (Lipinski definition) is 3. The zero-order chi connectivity index (χ0) is 10.7. The Balaban J connectivity index is 2.16. The van der Waals surface area contributed by atoms with Crippen molar-refractivity contribution in [1.29, 1.82) is 0 Å². The minimum atomic E-state index is 0.851. The summed E-state index contributed by atoms with van der Waals surface area (Å²) in [7, 11) is 0. The predicted molar refractivity (Wildman–Crippen MR) is 64.1 cm³/mol. The lowest BCUT2D eigenvalue weighted by atomic mass is 10.2. The highest BCUT2D eigenvalue weighted by Crippen LogP contribution is 2.20. The van der Waals surface area contributed by atoms with Crippen molar-refractivity contribution in [3.05, 3.63) is 17.8 Å². The van der Waals surface area contributed by atoms with Crippen LogP contribution in [0.2, 0.25) is 0 Å². The maximum absolute atomic E-state index is 5.90. The smallest absolute Gasteiger partial charge is 0.130 e. The minimum Gasteiger partial charge on any atom is -0.398 e. The number of nitrogen functional groups attached to an aromatic ring is 1. The van der Waals surface area contributed by atoms with Crippen molar-refractivity contribution >= 4 is 11.5 Å². The van der Waals surface area contributed by atoms with E-state index in [1.165, 1.54) is 25.7 Å².